The van der Waals surface area contributed by atoms with E-state index in [4.69, 9.17) is 0 Å². The molecule has 2 nitrogen and oxygen atoms in total. The molecule has 0 aliphatic carbocycles. The van der Waals surface area contributed by atoms with Gasteiger partial charge < -0.3 is 4.57 Å². The highest BCUT2D eigenvalue weighted by Crippen LogP contribution is 2.34. The van der Waals surface area contributed by atoms with E-state index in [1.165, 1.54) is 27.6 Å². The first-order valence-corrected chi connectivity index (χ1v) is 9.40. The molecule has 1 aliphatic heterocycles. The Labute approximate surface area is 151 Å². The minimum absolute atomic E-state index is 0.607. The van der Waals surface area contributed by atoms with Crippen LogP contribution in [0.5, 0.6) is 0 Å². The summed E-state index contributed by atoms with van der Waals surface area (Å²) in [6.45, 7) is 8.88. The number of likely N-dealkylation sites (N-methyl/N-ethyl adjacent to an activating group) is 1. The number of aromatic nitrogens is 1. The van der Waals surface area contributed by atoms with Gasteiger partial charge in [-0.1, -0.05) is 48.0 Å². The zero-order valence-corrected chi connectivity index (χ0v) is 15.8. The Bertz CT molecular complexity index is 902. The Kier molecular flexibility index (Phi) is 4.16. The monoisotopic (exact) mass is 332 g/mol. The van der Waals surface area contributed by atoms with Crippen molar-refractivity contribution < 1.29 is 0 Å². The van der Waals surface area contributed by atoms with Crippen molar-refractivity contribution in [3.8, 4) is 0 Å². The highest BCUT2D eigenvalue weighted by Gasteiger charge is 2.26. The van der Waals surface area contributed by atoms with Crippen LogP contribution in [0.25, 0.3) is 10.9 Å². The molecule has 1 aliphatic rings. The minimum Gasteiger partial charge on any atom is -0.344 e. The van der Waals surface area contributed by atoms with E-state index in [9.17, 15) is 0 Å². The van der Waals surface area contributed by atoms with Gasteiger partial charge in [-0.2, -0.15) is 0 Å². The van der Waals surface area contributed by atoms with Crippen LogP contribution in [0.2, 0.25) is 0 Å². The van der Waals surface area contributed by atoms with Gasteiger partial charge in [-0.25, -0.2) is 0 Å². The molecule has 1 aromatic heterocycles. The highest BCUT2D eigenvalue weighted by molar-refractivity contribution is 5.88. The van der Waals surface area contributed by atoms with Crippen LogP contribution in [0, 0.1) is 13.8 Å². The van der Waals surface area contributed by atoms with E-state index in [0.717, 1.165) is 25.9 Å². The molecular formula is C23H28N2. The minimum atomic E-state index is 0.607. The summed E-state index contributed by atoms with van der Waals surface area (Å²) in [4.78, 5) is 2.48. The quantitative estimate of drug-likeness (QED) is 0.664. The van der Waals surface area contributed by atoms with E-state index in [2.05, 4.69) is 79.8 Å². The lowest BCUT2D eigenvalue weighted by Crippen LogP contribution is -2.35. The van der Waals surface area contributed by atoms with Crippen LogP contribution >= 0.6 is 0 Å². The molecule has 0 bridgehead atoms. The van der Waals surface area contributed by atoms with Crippen molar-refractivity contribution in [3.63, 3.8) is 0 Å². The summed E-state index contributed by atoms with van der Waals surface area (Å²) >= 11 is 0. The average molecular weight is 332 g/mol. The SMILES string of the molecule is Cc1ccc(CCn2c3c(c4cccc(C)c42)CN(C)C(C)C3)cc1. The van der Waals surface area contributed by atoms with Gasteiger partial charge in [0.25, 0.3) is 0 Å². The molecule has 0 amide bonds. The molecule has 130 valence electrons. The van der Waals surface area contributed by atoms with E-state index in [-0.39, 0.29) is 0 Å². The third kappa shape index (κ3) is 2.89. The lowest BCUT2D eigenvalue weighted by atomic mass is 9.99. The second-order valence-electron chi connectivity index (χ2n) is 7.75. The van der Waals surface area contributed by atoms with E-state index < -0.39 is 0 Å². The molecule has 2 heterocycles. The van der Waals surface area contributed by atoms with Gasteiger partial charge in [0.15, 0.2) is 0 Å². The first-order valence-electron chi connectivity index (χ1n) is 9.40. The molecule has 2 heteroatoms. The van der Waals surface area contributed by atoms with Crippen molar-refractivity contribution >= 4 is 10.9 Å². The summed E-state index contributed by atoms with van der Waals surface area (Å²) in [7, 11) is 2.25. The molecule has 0 spiro atoms. The maximum absolute atomic E-state index is 2.61. The fourth-order valence-electron chi connectivity index (χ4n) is 4.21. The van der Waals surface area contributed by atoms with E-state index in [0.29, 0.717) is 6.04 Å². The van der Waals surface area contributed by atoms with E-state index in [1.54, 1.807) is 11.3 Å². The largest absolute Gasteiger partial charge is 0.344 e. The van der Waals surface area contributed by atoms with Crippen LogP contribution in [0.1, 0.15) is 34.9 Å². The average Bonchev–Trinajstić information content (AvgIpc) is 2.89. The Balaban J connectivity index is 1.77. The number of rotatable bonds is 3. The van der Waals surface area contributed by atoms with Crippen molar-refractivity contribution in [3.05, 3.63) is 70.4 Å². The van der Waals surface area contributed by atoms with Crippen molar-refractivity contribution in [2.75, 3.05) is 7.05 Å². The Morgan fingerprint density at radius 2 is 1.80 bits per heavy atom. The fourth-order valence-corrected chi connectivity index (χ4v) is 4.21. The fraction of sp³-hybridized carbons (Fsp3) is 0.391. The van der Waals surface area contributed by atoms with E-state index in [1.807, 2.05) is 0 Å². The molecule has 4 rings (SSSR count). The second kappa shape index (κ2) is 6.34. The zero-order chi connectivity index (χ0) is 17.6. The lowest BCUT2D eigenvalue weighted by Gasteiger charge is -2.31. The van der Waals surface area contributed by atoms with Crippen LogP contribution < -0.4 is 0 Å². The Hall–Kier alpha value is -2.06. The molecule has 1 atom stereocenters. The summed E-state index contributed by atoms with van der Waals surface area (Å²) < 4.78 is 2.61. The summed E-state index contributed by atoms with van der Waals surface area (Å²) in [6, 6.07) is 16.4. The van der Waals surface area contributed by atoms with Gasteiger partial charge in [-0.05, 0) is 50.9 Å². The van der Waals surface area contributed by atoms with Crippen LogP contribution in [-0.4, -0.2) is 22.6 Å². The molecule has 25 heavy (non-hydrogen) atoms. The Morgan fingerprint density at radius 3 is 2.56 bits per heavy atom. The van der Waals surface area contributed by atoms with Gasteiger partial charge in [0.05, 0.1) is 5.52 Å². The maximum Gasteiger partial charge on any atom is 0.0515 e. The smallest absolute Gasteiger partial charge is 0.0515 e. The van der Waals surface area contributed by atoms with Gasteiger partial charge in [0.1, 0.15) is 0 Å². The molecule has 1 unspecified atom stereocenters. The van der Waals surface area contributed by atoms with Crippen LogP contribution in [0.15, 0.2) is 42.5 Å². The maximum atomic E-state index is 2.61. The predicted octanol–water partition coefficient (Wildman–Crippen LogP) is 4.88. The number of nitrogens with zero attached hydrogens (tertiary/aromatic N) is 2. The van der Waals surface area contributed by atoms with E-state index >= 15 is 0 Å². The molecule has 0 radical (unpaired) electrons. The number of fused-ring (bicyclic) bond motifs is 3. The lowest BCUT2D eigenvalue weighted by molar-refractivity contribution is 0.228. The van der Waals surface area contributed by atoms with Gasteiger partial charge in [0.2, 0.25) is 0 Å². The van der Waals surface area contributed by atoms with Crippen molar-refractivity contribution in [2.45, 2.75) is 52.7 Å². The molecule has 3 aromatic rings. The van der Waals surface area contributed by atoms with Gasteiger partial charge in [-0.3, -0.25) is 4.90 Å². The number of hydrogen-bond donors (Lipinski definition) is 0. The standard InChI is InChI=1S/C23H28N2/c1-16-8-10-19(11-9-16)12-13-25-22-14-18(3)24(4)15-21(22)20-7-5-6-17(2)23(20)25/h5-11,18H,12-15H2,1-4H3. The van der Waals surface area contributed by atoms with Crippen molar-refractivity contribution in [2.24, 2.45) is 0 Å². The Morgan fingerprint density at radius 1 is 1.04 bits per heavy atom. The van der Waals surface area contributed by atoms with Gasteiger partial charge >= 0.3 is 0 Å². The van der Waals surface area contributed by atoms with Gasteiger partial charge in [0, 0.05) is 36.6 Å². The van der Waals surface area contributed by atoms with Crippen molar-refractivity contribution in [1.82, 2.24) is 9.47 Å². The summed E-state index contributed by atoms with van der Waals surface area (Å²) in [6.07, 6.45) is 2.24. The molecule has 0 saturated heterocycles. The molecule has 0 fully saturated rings. The van der Waals surface area contributed by atoms with Crippen LogP contribution in [-0.2, 0) is 25.9 Å². The number of hydrogen-bond acceptors (Lipinski definition) is 1. The number of aryl methyl sites for hydroxylation is 4. The zero-order valence-electron chi connectivity index (χ0n) is 15.8. The summed E-state index contributed by atoms with van der Waals surface area (Å²) in [5.74, 6) is 0. The molecule has 0 saturated carbocycles. The topological polar surface area (TPSA) is 8.17 Å². The van der Waals surface area contributed by atoms with Crippen molar-refractivity contribution in [1.29, 1.82) is 0 Å². The van der Waals surface area contributed by atoms with Crippen LogP contribution in [0.3, 0.4) is 0 Å². The number of benzene rings is 2. The predicted molar refractivity (Wildman–Crippen MR) is 106 cm³/mol. The van der Waals surface area contributed by atoms with Crippen LogP contribution in [0.4, 0.5) is 0 Å². The van der Waals surface area contributed by atoms with Gasteiger partial charge in [-0.15, -0.1) is 0 Å². The normalized spacial score (nSPS) is 17.8. The first-order chi connectivity index (χ1) is 12.0. The first kappa shape index (κ1) is 16.4. The third-order valence-electron chi connectivity index (χ3n) is 5.90. The molecular weight excluding hydrogens is 304 g/mol. The number of para-hydroxylation sites is 1. The summed E-state index contributed by atoms with van der Waals surface area (Å²) in [5, 5.41) is 1.46. The summed E-state index contributed by atoms with van der Waals surface area (Å²) in [5.41, 5.74) is 8.70. The molecule has 0 N–H and O–H groups in total. The second-order valence-corrected chi connectivity index (χ2v) is 7.75. The highest BCUT2D eigenvalue weighted by atomic mass is 15.1. The third-order valence-corrected chi connectivity index (χ3v) is 5.90. The molecule has 2 aromatic carbocycles.